The van der Waals surface area contributed by atoms with E-state index in [-0.39, 0.29) is 12.5 Å². The van der Waals surface area contributed by atoms with E-state index in [1.165, 1.54) is 0 Å². The van der Waals surface area contributed by atoms with Gasteiger partial charge in [-0.05, 0) is 43.5 Å². The van der Waals surface area contributed by atoms with Crippen molar-refractivity contribution in [1.82, 2.24) is 5.32 Å². The Morgan fingerprint density at radius 1 is 1.04 bits per heavy atom. The molecule has 0 fully saturated rings. The van der Waals surface area contributed by atoms with Crippen LogP contribution in [0.15, 0.2) is 65.1 Å². The van der Waals surface area contributed by atoms with E-state index >= 15 is 0 Å². The van der Waals surface area contributed by atoms with Gasteiger partial charge in [0, 0.05) is 0 Å². The lowest BCUT2D eigenvalue weighted by molar-refractivity contribution is 0.0526. The minimum absolute atomic E-state index is 0.111. The monoisotopic (exact) mass is 349 g/mol. The first-order valence-corrected chi connectivity index (χ1v) is 8.60. The maximum Gasteiger partial charge on any atom is 0.254 e. The van der Waals surface area contributed by atoms with Crippen LogP contribution < -0.4 is 5.32 Å². The van der Waals surface area contributed by atoms with Crippen molar-refractivity contribution >= 4 is 5.91 Å². The summed E-state index contributed by atoms with van der Waals surface area (Å²) in [5.74, 6) is 1.02. The van der Waals surface area contributed by atoms with E-state index in [4.69, 9.17) is 4.42 Å². The van der Waals surface area contributed by atoms with Gasteiger partial charge in [-0.1, -0.05) is 54.6 Å². The molecule has 0 aliphatic heterocycles. The van der Waals surface area contributed by atoms with Gasteiger partial charge in [-0.2, -0.15) is 0 Å². The van der Waals surface area contributed by atoms with Crippen molar-refractivity contribution in [1.29, 1.82) is 0 Å². The van der Waals surface area contributed by atoms with Gasteiger partial charge < -0.3 is 14.8 Å². The van der Waals surface area contributed by atoms with Crippen LogP contribution in [0, 0.1) is 13.8 Å². The molecule has 3 aromatic rings. The van der Waals surface area contributed by atoms with Crippen LogP contribution in [0.2, 0.25) is 0 Å². The van der Waals surface area contributed by atoms with Crippen LogP contribution in [0.25, 0.3) is 11.1 Å². The fourth-order valence-corrected chi connectivity index (χ4v) is 2.96. The second-order valence-corrected chi connectivity index (χ2v) is 6.73. The summed E-state index contributed by atoms with van der Waals surface area (Å²) in [6.07, 6.45) is 0. The van der Waals surface area contributed by atoms with E-state index in [0.29, 0.717) is 17.1 Å². The van der Waals surface area contributed by atoms with Crippen molar-refractivity contribution in [2.24, 2.45) is 0 Å². The maximum atomic E-state index is 12.3. The smallest absolute Gasteiger partial charge is 0.254 e. The second kappa shape index (κ2) is 7.18. The largest absolute Gasteiger partial charge is 0.466 e. The zero-order valence-corrected chi connectivity index (χ0v) is 15.2. The molecule has 0 saturated heterocycles. The highest BCUT2D eigenvalue weighted by Crippen LogP contribution is 2.25. The summed E-state index contributed by atoms with van der Waals surface area (Å²) in [4.78, 5) is 12.3. The van der Waals surface area contributed by atoms with Gasteiger partial charge in [0.1, 0.15) is 17.1 Å². The molecule has 0 spiro atoms. The molecule has 4 heteroatoms. The molecule has 1 amide bonds. The first-order valence-electron chi connectivity index (χ1n) is 8.60. The SMILES string of the molecule is Cc1cc(C(=O)NC[C@](C)(O)c2ccc(-c3ccccc3)cc2)c(C)o1. The maximum absolute atomic E-state index is 12.3. The standard InChI is InChI=1S/C22H23NO3/c1-15-13-20(16(2)26-15)21(24)23-14-22(3,25)19-11-9-18(10-12-19)17-7-5-4-6-8-17/h4-13,25H,14H2,1-3H3,(H,23,24)/t22-/m0/s1. The molecule has 0 saturated carbocycles. The van der Waals surface area contributed by atoms with Gasteiger partial charge in [-0.15, -0.1) is 0 Å². The molecule has 0 unspecified atom stereocenters. The lowest BCUT2D eigenvalue weighted by Crippen LogP contribution is -2.38. The van der Waals surface area contributed by atoms with Crippen LogP contribution in [0.5, 0.6) is 0 Å². The molecule has 0 bridgehead atoms. The van der Waals surface area contributed by atoms with Crippen LogP contribution >= 0.6 is 0 Å². The normalized spacial score (nSPS) is 13.2. The summed E-state index contributed by atoms with van der Waals surface area (Å²) >= 11 is 0. The molecule has 26 heavy (non-hydrogen) atoms. The molecule has 0 aliphatic carbocycles. The van der Waals surface area contributed by atoms with Crippen molar-refractivity contribution in [3.63, 3.8) is 0 Å². The van der Waals surface area contributed by atoms with Crippen LogP contribution in [0.3, 0.4) is 0 Å². The average molecular weight is 349 g/mol. The number of aliphatic hydroxyl groups is 1. The minimum atomic E-state index is -1.17. The molecule has 2 N–H and O–H groups in total. The third kappa shape index (κ3) is 3.86. The lowest BCUT2D eigenvalue weighted by atomic mass is 9.93. The summed E-state index contributed by atoms with van der Waals surface area (Å²) in [6, 6.07) is 19.5. The van der Waals surface area contributed by atoms with E-state index in [1.807, 2.05) is 54.6 Å². The van der Waals surface area contributed by atoms with Gasteiger partial charge in [0.2, 0.25) is 0 Å². The molecule has 2 aromatic carbocycles. The predicted molar refractivity (Wildman–Crippen MR) is 102 cm³/mol. The number of nitrogens with one attached hydrogen (secondary N) is 1. The van der Waals surface area contributed by atoms with E-state index < -0.39 is 5.60 Å². The highest BCUT2D eigenvalue weighted by molar-refractivity contribution is 5.95. The van der Waals surface area contributed by atoms with Gasteiger partial charge in [0.15, 0.2) is 0 Å². The molecule has 134 valence electrons. The van der Waals surface area contributed by atoms with Crippen LogP contribution in [0.1, 0.15) is 34.4 Å². The predicted octanol–water partition coefficient (Wildman–Crippen LogP) is 4.20. The molecular formula is C22H23NO3. The molecule has 0 aliphatic rings. The number of benzene rings is 2. The van der Waals surface area contributed by atoms with Gasteiger partial charge in [0.05, 0.1) is 12.1 Å². The van der Waals surface area contributed by atoms with Crippen molar-refractivity contribution in [2.45, 2.75) is 26.4 Å². The van der Waals surface area contributed by atoms with Crippen molar-refractivity contribution in [2.75, 3.05) is 6.54 Å². The zero-order valence-electron chi connectivity index (χ0n) is 15.2. The summed E-state index contributed by atoms with van der Waals surface area (Å²) in [5, 5.41) is 13.6. The number of rotatable bonds is 5. The third-order valence-electron chi connectivity index (χ3n) is 4.49. The van der Waals surface area contributed by atoms with Gasteiger partial charge >= 0.3 is 0 Å². The Morgan fingerprint density at radius 2 is 1.65 bits per heavy atom. The molecule has 1 atom stereocenters. The number of aryl methyl sites for hydroxylation is 2. The Balaban J connectivity index is 1.70. The van der Waals surface area contributed by atoms with Crippen LogP contribution in [0.4, 0.5) is 0 Å². The van der Waals surface area contributed by atoms with Crippen LogP contribution in [-0.4, -0.2) is 17.6 Å². The highest BCUT2D eigenvalue weighted by Gasteiger charge is 2.25. The Morgan fingerprint density at radius 3 is 2.23 bits per heavy atom. The molecule has 1 heterocycles. The number of carbonyl (C=O) groups excluding carboxylic acids is 1. The van der Waals surface area contributed by atoms with Gasteiger partial charge in [-0.3, -0.25) is 4.79 Å². The first kappa shape index (κ1) is 18.0. The van der Waals surface area contributed by atoms with Crippen LogP contribution in [-0.2, 0) is 5.60 Å². The summed E-state index contributed by atoms with van der Waals surface area (Å²) < 4.78 is 5.38. The topological polar surface area (TPSA) is 62.5 Å². The molecule has 1 aromatic heterocycles. The van der Waals surface area contributed by atoms with E-state index in [1.54, 1.807) is 26.8 Å². The number of hydrogen-bond acceptors (Lipinski definition) is 3. The quantitative estimate of drug-likeness (QED) is 0.726. The summed E-state index contributed by atoms with van der Waals surface area (Å²) in [5.41, 5.74) is 2.28. The zero-order chi connectivity index (χ0) is 18.7. The van der Waals surface area contributed by atoms with Crippen molar-refractivity contribution < 1.29 is 14.3 Å². The molecular weight excluding hydrogens is 326 g/mol. The lowest BCUT2D eigenvalue weighted by Gasteiger charge is -2.24. The number of furan rings is 1. The van der Waals surface area contributed by atoms with E-state index in [2.05, 4.69) is 5.32 Å². The van der Waals surface area contributed by atoms with E-state index in [0.717, 1.165) is 16.7 Å². The number of amides is 1. The average Bonchev–Trinajstić information content (AvgIpc) is 2.99. The highest BCUT2D eigenvalue weighted by atomic mass is 16.3. The second-order valence-electron chi connectivity index (χ2n) is 6.73. The van der Waals surface area contributed by atoms with Crippen molar-refractivity contribution in [3.8, 4) is 11.1 Å². The Labute approximate surface area is 153 Å². The van der Waals surface area contributed by atoms with Gasteiger partial charge in [0.25, 0.3) is 5.91 Å². The van der Waals surface area contributed by atoms with Gasteiger partial charge in [-0.25, -0.2) is 0 Å². The number of carbonyl (C=O) groups is 1. The molecule has 0 radical (unpaired) electrons. The number of hydrogen-bond donors (Lipinski definition) is 2. The van der Waals surface area contributed by atoms with Crippen molar-refractivity contribution in [3.05, 3.63) is 83.3 Å². The minimum Gasteiger partial charge on any atom is -0.466 e. The summed E-state index contributed by atoms with van der Waals surface area (Å²) in [6.45, 7) is 5.36. The Kier molecular flexibility index (Phi) is 4.96. The Hall–Kier alpha value is -2.85. The third-order valence-corrected chi connectivity index (χ3v) is 4.49. The Bertz CT molecular complexity index is 893. The fourth-order valence-electron chi connectivity index (χ4n) is 2.96. The first-order chi connectivity index (χ1) is 12.4. The van der Waals surface area contributed by atoms with E-state index in [9.17, 15) is 9.90 Å². The molecule has 3 rings (SSSR count). The summed E-state index contributed by atoms with van der Waals surface area (Å²) in [7, 11) is 0. The fraction of sp³-hybridized carbons (Fsp3) is 0.227. The molecule has 4 nitrogen and oxygen atoms in total.